The number of rotatable bonds is 6. The Bertz CT molecular complexity index is 1360. The van der Waals surface area contributed by atoms with Crippen LogP contribution in [0.2, 0.25) is 0 Å². The van der Waals surface area contributed by atoms with Crippen LogP contribution in [-0.4, -0.2) is 19.9 Å². The van der Waals surface area contributed by atoms with Gasteiger partial charge in [-0.3, -0.25) is 9.97 Å². The van der Waals surface area contributed by atoms with Crippen molar-refractivity contribution in [2.24, 2.45) is 0 Å². The molecule has 0 aliphatic carbocycles. The highest BCUT2D eigenvalue weighted by molar-refractivity contribution is 5.72. The van der Waals surface area contributed by atoms with Gasteiger partial charge in [0.2, 0.25) is 0 Å². The maximum atomic E-state index is 13.3. The lowest BCUT2D eigenvalue weighted by Crippen LogP contribution is -2.04. The fourth-order valence-corrected chi connectivity index (χ4v) is 3.48. The molecule has 0 atom stereocenters. The fraction of sp³-hybridized carbons (Fsp3) is 0.0370. The van der Waals surface area contributed by atoms with Gasteiger partial charge >= 0.3 is 0 Å². The Morgan fingerprint density at radius 3 is 2.27 bits per heavy atom. The van der Waals surface area contributed by atoms with E-state index in [0.29, 0.717) is 18.2 Å². The lowest BCUT2D eigenvalue weighted by atomic mass is 10.0. The standard InChI is InChI=1S/C27H20FN5/c28-24-10-8-20(9-11-24)22-13-23(18-30-17-22)25-14-26(31-16-19-5-4-12-29-15-19)33-27(32-25)21-6-2-1-3-7-21/h1-15,17-18H,16H2,(H,31,32,33). The van der Waals surface area contributed by atoms with Gasteiger partial charge in [-0.2, -0.15) is 0 Å². The van der Waals surface area contributed by atoms with Crippen molar-refractivity contribution >= 4 is 5.82 Å². The summed E-state index contributed by atoms with van der Waals surface area (Å²) in [5, 5.41) is 3.38. The van der Waals surface area contributed by atoms with Crippen molar-refractivity contribution in [2.75, 3.05) is 5.32 Å². The molecular weight excluding hydrogens is 413 g/mol. The Labute approximate surface area is 191 Å². The molecule has 0 aliphatic heterocycles. The van der Waals surface area contributed by atoms with Gasteiger partial charge in [-0.05, 0) is 35.4 Å². The van der Waals surface area contributed by atoms with E-state index in [0.717, 1.165) is 33.5 Å². The molecule has 0 fully saturated rings. The SMILES string of the molecule is Fc1ccc(-c2cncc(-c3cc(NCc4cccnc4)nc(-c4ccccc4)n3)c2)cc1. The third-order valence-electron chi connectivity index (χ3n) is 5.17. The van der Waals surface area contributed by atoms with Crippen molar-refractivity contribution in [3.05, 3.63) is 115 Å². The minimum absolute atomic E-state index is 0.268. The molecule has 1 N–H and O–H groups in total. The van der Waals surface area contributed by atoms with E-state index >= 15 is 0 Å². The second kappa shape index (κ2) is 9.36. The Balaban J connectivity index is 1.53. The largest absolute Gasteiger partial charge is 0.366 e. The summed E-state index contributed by atoms with van der Waals surface area (Å²) in [6.07, 6.45) is 7.11. The second-order valence-corrected chi connectivity index (χ2v) is 7.51. The minimum Gasteiger partial charge on any atom is -0.366 e. The third-order valence-corrected chi connectivity index (χ3v) is 5.17. The van der Waals surface area contributed by atoms with Crippen molar-refractivity contribution in [3.8, 4) is 33.8 Å². The highest BCUT2D eigenvalue weighted by Gasteiger charge is 2.11. The number of hydrogen-bond acceptors (Lipinski definition) is 5. The molecule has 5 nitrogen and oxygen atoms in total. The topological polar surface area (TPSA) is 63.6 Å². The Hall–Kier alpha value is -4.45. The van der Waals surface area contributed by atoms with Crippen LogP contribution >= 0.6 is 0 Å². The molecule has 0 aliphatic rings. The first-order valence-corrected chi connectivity index (χ1v) is 10.5. The van der Waals surface area contributed by atoms with Crippen LogP contribution in [0.4, 0.5) is 10.2 Å². The van der Waals surface area contributed by atoms with Gasteiger partial charge in [-0.15, -0.1) is 0 Å². The van der Waals surface area contributed by atoms with Crippen LogP contribution in [0, 0.1) is 5.82 Å². The third kappa shape index (κ3) is 4.91. The summed E-state index contributed by atoms with van der Waals surface area (Å²) in [5.74, 6) is 1.05. The molecule has 6 heteroatoms. The summed E-state index contributed by atoms with van der Waals surface area (Å²) in [6.45, 7) is 0.590. The molecule has 33 heavy (non-hydrogen) atoms. The molecule has 0 amide bonds. The van der Waals surface area contributed by atoms with Crippen molar-refractivity contribution in [3.63, 3.8) is 0 Å². The molecule has 0 bridgehead atoms. The van der Waals surface area contributed by atoms with Gasteiger partial charge < -0.3 is 5.32 Å². The van der Waals surface area contributed by atoms with Gasteiger partial charge in [0, 0.05) is 54.1 Å². The van der Waals surface area contributed by atoms with E-state index in [1.165, 1.54) is 12.1 Å². The van der Waals surface area contributed by atoms with Crippen LogP contribution in [-0.2, 0) is 6.54 Å². The van der Waals surface area contributed by atoms with Crippen molar-refractivity contribution in [2.45, 2.75) is 6.54 Å². The summed E-state index contributed by atoms with van der Waals surface area (Å²) in [5.41, 5.74) is 5.34. The minimum atomic E-state index is -0.268. The quantitative estimate of drug-likeness (QED) is 0.355. The van der Waals surface area contributed by atoms with Crippen molar-refractivity contribution < 1.29 is 4.39 Å². The highest BCUT2D eigenvalue weighted by atomic mass is 19.1. The molecule has 0 radical (unpaired) electrons. The lowest BCUT2D eigenvalue weighted by molar-refractivity contribution is 0.628. The number of halogens is 1. The normalized spacial score (nSPS) is 10.7. The lowest BCUT2D eigenvalue weighted by Gasteiger charge is -2.11. The van der Waals surface area contributed by atoms with Crippen LogP contribution in [0.25, 0.3) is 33.8 Å². The van der Waals surface area contributed by atoms with E-state index < -0.39 is 0 Å². The zero-order valence-electron chi connectivity index (χ0n) is 17.7. The van der Waals surface area contributed by atoms with E-state index in [1.807, 2.05) is 60.8 Å². The first-order valence-electron chi connectivity index (χ1n) is 10.5. The average molecular weight is 433 g/mol. The first-order chi connectivity index (χ1) is 16.2. The van der Waals surface area contributed by atoms with Gasteiger partial charge in [0.15, 0.2) is 5.82 Å². The van der Waals surface area contributed by atoms with Gasteiger partial charge in [0.05, 0.1) is 5.69 Å². The van der Waals surface area contributed by atoms with Crippen LogP contribution < -0.4 is 5.32 Å². The predicted molar refractivity (Wildman–Crippen MR) is 128 cm³/mol. The smallest absolute Gasteiger partial charge is 0.162 e. The van der Waals surface area contributed by atoms with E-state index in [-0.39, 0.29) is 5.82 Å². The highest BCUT2D eigenvalue weighted by Crippen LogP contribution is 2.28. The molecule has 2 aromatic carbocycles. The van der Waals surface area contributed by atoms with Crippen molar-refractivity contribution in [1.29, 1.82) is 0 Å². The van der Waals surface area contributed by atoms with Crippen LogP contribution in [0.5, 0.6) is 0 Å². The molecule has 3 heterocycles. The summed E-state index contributed by atoms with van der Waals surface area (Å²) >= 11 is 0. The zero-order valence-corrected chi connectivity index (χ0v) is 17.7. The number of nitrogens with one attached hydrogen (secondary N) is 1. The van der Waals surface area contributed by atoms with Gasteiger partial charge in [-0.25, -0.2) is 14.4 Å². The van der Waals surface area contributed by atoms with Crippen LogP contribution in [0.3, 0.4) is 0 Å². The van der Waals surface area contributed by atoms with E-state index in [2.05, 4.69) is 15.3 Å². The van der Waals surface area contributed by atoms with Crippen LogP contribution in [0.15, 0.2) is 104 Å². The monoisotopic (exact) mass is 433 g/mol. The molecule has 5 aromatic rings. The molecule has 0 unspecified atom stereocenters. The van der Waals surface area contributed by atoms with Gasteiger partial charge in [-0.1, -0.05) is 48.5 Å². The molecular formula is C27H20FN5. The van der Waals surface area contributed by atoms with Gasteiger partial charge in [0.25, 0.3) is 0 Å². The fourth-order valence-electron chi connectivity index (χ4n) is 3.48. The Morgan fingerprint density at radius 1 is 0.667 bits per heavy atom. The molecule has 0 saturated heterocycles. The van der Waals surface area contributed by atoms with E-state index in [1.54, 1.807) is 30.7 Å². The molecule has 160 valence electrons. The van der Waals surface area contributed by atoms with Crippen molar-refractivity contribution in [1.82, 2.24) is 19.9 Å². The summed E-state index contributed by atoms with van der Waals surface area (Å²) in [7, 11) is 0. The number of pyridine rings is 2. The summed E-state index contributed by atoms with van der Waals surface area (Å²) in [6, 6.07) is 24.1. The summed E-state index contributed by atoms with van der Waals surface area (Å²) < 4.78 is 13.3. The maximum absolute atomic E-state index is 13.3. The first kappa shape index (κ1) is 20.5. The van der Waals surface area contributed by atoms with E-state index in [9.17, 15) is 4.39 Å². The Morgan fingerprint density at radius 2 is 1.48 bits per heavy atom. The molecule has 3 aromatic heterocycles. The molecule has 0 saturated carbocycles. The van der Waals surface area contributed by atoms with E-state index in [4.69, 9.17) is 9.97 Å². The molecule has 0 spiro atoms. The van der Waals surface area contributed by atoms with Crippen LogP contribution in [0.1, 0.15) is 5.56 Å². The Kier molecular flexibility index (Phi) is 5.80. The molecule has 5 rings (SSSR count). The summed E-state index contributed by atoms with van der Waals surface area (Å²) in [4.78, 5) is 18.1. The van der Waals surface area contributed by atoms with Gasteiger partial charge in [0.1, 0.15) is 11.6 Å². The number of aromatic nitrogens is 4. The number of hydrogen-bond donors (Lipinski definition) is 1. The maximum Gasteiger partial charge on any atom is 0.162 e. The predicted octanol–water partition coefficient (Wildman–Crippen LogP) is 6.02. The number of anilines is 1. The number of benzene rings is 2. The second-order valence-electron chi connectivity index (χ2n) is 7.51. The number of nitrogens with zero attached hydrogens (tertiary/aromatic N) is 4. The zero-order chi connectivity index (χ0) is 22.5. The average Bonchev–Trinajstić information content (AvgIpc) is 2.89.